The molecule has 0 saturated heterocycles. The van der Waals surface area contributed by atoms with E-state index >= 15 is 0 Å². The van der Waals surface area contributed by atoms with E-state index in [4.69, 9.17) is 20.2 Å². The molecule has 10 heteroatoms. The number of aliphatic imine (C=N–C) groups is 1. The smallest absolute Gasteiger partial charge is 0.247 e. The first-order valence-electron chi connectivity index (χ1n) is 14.4. The molecule has 1 heterocycles. The van der Waals surface area contributed by atoms with Crippen LogP contribution in [-0.4, -0.2) is 73.2 Å². The number of aromatic nitrogens is 2. The molecule has 0 fully saturated rings. The maximum atomic E-state index is 12.7. The van der Waals surface area contributed by atoms with Crippen LogP contribution in [0.4, 0.5) is 11.4 Å². The number of anilines is 2. The summed E-state index contributed by atoms with van der Waals surface area (Å²) in [5.41, 5.74) is 9.53. The van der Waals surface area contributed by atoms with Crippen molar-refractivity contribution in [3.8, 4) is 11.5 Å². The number of nitrogens with one attached hydrogen (secondary N) is 1. The summed E-state index contributed by atoms with van der Waals surface area (Å²) < 4.78 is 11.0. The zero-order valence-corrected chi connectivity index (χ0v) is 25.4. The van der Waals surface area contributed by atoms with Crippen LogP contribution < -0.4 is 25.4 Å². The molecule has 4 N–H and O–H groups in total. The Kier molecular flexibility index (Phi) is 12.3. The number of fused-ring (bicyclic) bond motifs is 1. The number of hydrogen-bond acceptors (Lipinski definition) is 9. The van der Waals surface area contributed by atoms with E-state index in [1.165, 1.54) is 0 Å². The summed E-state index contributed by atoms with van der Waals surface area (Å²) in [6.45, 7) is 7.58. The standard InChI is InChI=1S/C32H44N6O4/c1-6-32(3,31(40)34-14-8-7-13-33)36-15-12-23(2)30-22-35-28-11-10-24(20-29(28)37-30)38(16-9-17-39)25-18-26(41-4)21-27(19-25)42-5/h10-12,15,18-22,39H,6-9,13-14,16-17,33H2,1-5H3,(H,34,40). The van der Waals surface area contributed by atoms with Crippen molar-refractivity contribution in [1.29, 1.82) is 0 Å². The van der Waals surface area contributed by atoms with Crippen molar-refractivity contribution in [1.82, 2.24) is 15.3 Å². The largest absolute Gasteiger partial charge is 0.497 e. The summed E-state index contributed by atoms with van der Waals surface area (Å²) in [5.74, 6) is 1.25. The Bertz CT molecular complexity index is 1370. The van der Waals surface area contributed by atoms with Crippen LogP contribution in [0.25, 0.3) is 16.6 Å². The van der Waals surface area contributed by atoms with Crippen LogP contribution >= 0.6 is 0 Å². The summed E-state index contributed by atoms with van der Waals surface area (Å²) in [7, 11) is 3.24. The van der Waals surface area contributed by atoms with Crippen molar-refractivity contribution in [3.63, 3.8) is 0 Å². The minimum atomic E-state index is -0.857. The van der Waals surface area contributed by atoms with Gasteiger partial charge >= 0.3 is 0 Å². The molecule has 3 aromatic rings. The molecule has 3 rings (SSSR count). The molecule has 42 heavy (non-hydrogen) atoms. The van der Waals surface area contributed by atoms with Crippen molar-refractivity contribution >= 4 is 40.1 Å². The fourth-order valence-electron chi connectivity index (χ4n) is 4.31. The lowest BCUT2D eigenvalue weighted by molar-refractivity contribution is -0.125. The monoisotopic (exact) mass is 576 g/mol. The number of carbonyl (C=O) groups excluding carboxylic acids is 1. The highest BCUT2D eigenvalue weighted by molar-refractivity contribution is 5.90. The number of nitrogens with two attached hydrogens (primary N) is 1. The van der Waals surface area contributed by atoms with E-state index in [9.17, 15) is 9.90 Å². The van der Waals surface area contributed by atoms with E-state index < -0.39 is 5.54 Å². The number of rotatable bonds is 16. The second-order valence-electron chi connectivity index (χ2n) is 10.2. The van der Waals surface area contributed by atoms with Gasteiger partial charge < -0.3 is 30.5 Å². The molecule has 0 spiro atoms. The minimum Gasteiger partial charge on any atom is -0.497 e. The van der Waals surface area contributed by atoms with Crippen LogP contribution in [0.1, 0.15) is 52.1 Å². The van der Waals surface area contributed by atoms with Crippen LogP contribution in [-0.2, 0) is 4.79 Å². The second-order valence-corrected chi connectivity index (χ2v) is 10.2. The molecule has 0 radical (unpaired) electrons. The molecule has 10 nitrogen and oxygen atoms in total. The maximum absolute atomic E-state index is 12.7. The quantitative estimate of drug-likeness (QED) is 0.165. The first-order valence-corrected chi connectivity index (χ1v) is 14.4. The molecular weight excluding hydrogens is 532 g/mol. The van der Waals surface area contributed by atoms with E-state index in [1.54, 1.807) is 26.6 Å². The Hall–Kier alpha value is -4.02. The zero-order valence-electron chi connectivity index (χ0n) is 25.4. The van der Waals surface area contributed by atoms with Gasteiger partial charge in [0, 0.05) is 55.5 Å². The van der Waals surface area contributed by atoms with Gasteiger partial charge in [0.15, 0.2) is 0 Å². The Balaban J connectivity index is 1.88. The fraction of sp³-hybridized carbons (Fsp3) is 0.438. The summed E-state index contributed by atoms with van der Waals surface area (Å²) in [4.78, 5) is 28.9. The number of amides is 1. The lowest BCUT2D eigenvalue weighted by Crippen LogP contribution is -2.43. The van der Waals surface area contributed by atoms with Gasteiger partial charge in [0.25, 0.3) is 0 Å². The molecule has 1 atom stereocenters. The van der Waals surface area contributed by atoms with Crippen LogP contribution in [0, 0.1) is 0 Å². The lowest BCUT2D eigenvalue weighted by atomic mass is 9.98. The molecule has 0 saturated carbocycles. The van der Waals surface area contributed by atoms with Crippen LogP contribution in [0.5, 0.6) is 11.5 Å². The SMILES string of the molecule is CCC(C)(N=CC=C(C)c1cnc2ccc(N(CCCO)c3cc(OC)cc(OC)c3)cc2n1)C(=O)NCCCCN. The molecule has 0 aliphatic rings. The highest BCUT2D eigenvalue weighted by Crippen LogP contribution is 2.34. The van der Waals surface area contributed by atoms with Gasteiger partial charge in [-0.1, -0.05) is 6.92 Å². The first-order chi connectivity index (χ1) is 20.3. The number of carbonyl (C=O) groups is 1. The molecule has 0 aliphatic carbocycles. The van der Waals surface area contributed by atoms with E-state index in [0.29, 0.717) is 49.7 Å². The Labute approximate surface area is 248 Å². The zero-order chi connectivity index (χ0) is 30.5. The van der Waals surface area contributed by atoms with Gasteiger partial charge in [-0.3, -0.25) is 14.8 Å². The van der Waals surface area contributed by atoms with E-state index in [2.05, 4.69) is 20.2 Å². The number of unbranched alkanes of at least 4 members (excludes halogenated alkanes) is 1. The van der Waals surface area contributed by atoms with Crippen LogP contribution in [0.15, 0.2) is 53.7 Å². The Morgan fingerprint density at radius 3 is 2.48 bits per heavy atom. The molecule has 2 aromatic carbocycles. The van der Waals surface area contributed by atoms with Gasteiger partial charge in [-0.2, -0.15) is 0 Å². The van der Waals surface area contributed by atoms with E-state index in [1.807, 2.05) is 63.2 Å². The summed E-state index contributed by atoms with van der Waals surface area (Å²) in [5, 5.41) is 12.5. The number of methoxy groups -OCH3 is 2. The highest BCUT2D eigenvalue weighted by atomic mass is 16.5. The Morgan fingerprint density at radius 1 is 1.10 bits per heavy atom. The number of aliphatic hydroxyl groups excluding tert-OH is 1. The van der Waals surface area contributed by atoms with Crippen molar-refractivity contribution < 1.29 is 19.4 Å². The average Bonchev–Trinajstić information content (AvgIpc) is 3.02. The third-order valence-corrected chi connectivity index (χ3v) is 7.21. The normalized spacial score (nSPS) is 13.3. The minimum absolute atomic E-state index is 0.0632. The molecule has 1 amide bonds. The van der Waals surface area contributed by atoms with Gasteiger partial charge in [0.2, 0.25) is 5.91 Å². The number of benzene rings is 2. The molecule has 0 bridgehead atoms. The van der Waals surface area contributed by atoms with Gasteiger partial charge in [-0.25, -0.2) is 4.98 Å². The van der Waals surface area contributed by atoms with Crippen molar-refractivity contribution in [2.45, 2.75) is 52.0 Å². The van der Waals surface area contributed by atoms with Gasteiger partial charge in [-0.05, 0) is 75.9 Å². The summed E-state index contributed by atoms with van der Waals surface area (Å²) in [6.07, 6.45) is 8.13. The van der Waals surface area contributed by atoms with Gasteiger partial charge in [-0.15, -0.1) is 0 Å². The number of hydrogen-bond donors (Lipinski definition) is 3. The predicted molar refractivity (Wildman–Crippen MR) is 170 cm³/mol. The van der Waals surface area contributed by atoms with E-state index in [0.717, 1.165) is 40.8 Å². The number of aliphatic hydroxyl groups is 1. The average molecular weight is 577 g/mol. The maximum Gasteiger partial charge on any atom is 0.247 e. The fourth-order valence-corrected chi connectivity index (χ4v) is 4.31. The van der Waals surface area contributed by atoms with Gasteiger partial charge in [0.05, 0.1) is 37.1 Å². The van der Waals surface area contributed by atoms with Crippen molar-refractivity contribution in [2.24, 2.45) is 10.7 Å². The van der Waals surface area contributed by atoms with Crippen LogP contribution in [0.2, 0.25) is 0 Å². The summed E-state index contributed by atoms with van der Waals surface area (Å²) >= 11 is 0. The van der Waals surface area contributed by atoms with Crippen molar-refractivity contribution in [3.05, 3.63) is 54.4 Å². The predicted octanol–water partition coefficient (Wildman–Crippen LogP) is 4.67. The second kappa shape index (κ2) is 15.8. The third kappa shape index (κ3) is 8.50. The molecule has 1 aromatic heterocycles. The molecule has 226 valence electrons. The topological polar surface area (TPSA) is 135 Å². The number of ether oxygens (including phenoxy) is 2. The number of nitrogens with zero attached hydrogens (tertiary/aromatic N) is 4. The Morgan fingerprint density at radius 2 is 1.83 bits per heavy atom. The van der Waals surface area contributed by atoms with E-state index in [-0.39, 0.29) is 12.5 Å². The molecular formula is C32H44N6O4. The van der Waals surface area contributed by atoms with Crippen LogP contribution in [0.3, 0.4) is 0 Å². The third-order valence-electron chi connectivity index (χ3n) is 7.21. The molecule has 1 unspecified atom stereocenters. The molecule has 0 aliphatic heterocycles. The van der Waals surface area contributed by atoms with Crippen molar-refractivity contribution in [2.75, 3.05) is 45.4 Å². The first kappa shape index (κ1) is 32.5. The highest BCUT2D eigenvalue weighted by Gasteiger charge is 2.29. The summed E-state index contributed by atoms with van der Waals surface area (Å²) in [6, 6.07) is 11.6. The number of allylic oxidation sites excluding steroid dienone is 2. The van der Waals surface area contributed by atoms with Gasteiger partial charge in [0.1, 0.15) is 17.0 Å². The lowest BCUT2D eigenvalue weighted by Gasteiger charge is -2.26.